The monoisotopic (exact) mass is 676 g/mol. The quantitative estimate of drug-likeness (QED) is 0.289. The molecule has 0 saturated carbocycles. The van der Waals surface area contributed by atoms with Gasteiger partial charge in [0.25, 0.3) is 5.91 Å². The number of piperidine rings is 1. The van der Waals surface area contributed by atoms with Crippen molar-refractivity contribution in [2.24, 2.45) is 11.3 Å². The topological polar surface area (TPSA) is 150 Å². The van der Waals surface area contributed by atoms with Gasteiger partial charge in [0.15, 0.2) is 0 Å². The minimum atomic E-state index is -1.20. The number of hydrazine groups is 1. The van der Waals surface area contributed by atoms with E-state index in [9.17, 15) is 24.0 Å². The molecule has 3 atom stereocenters. The number of esters is 1. The standard InChI is InChI=1S/C37H52N6O6/c1-7-27-16-15-26-14-13-25(22-29(26)38-27)17-18-37(4,5)36(48)40-32(24(2)3)33(45)39-30(23-31(44)42-19-9-8-10-20-42)34(46)43-21-11-12-28(41-43)35(47)49-6/h13-18,22,24,28,30,32,41H,7-12,19-21,23H2,1-6H3,(H,39,45)(H,40,48). The van der Waals surface area contributed by atoms with E-state index in [0.29, 0.717) is 32.5 Å². The third-order valence-electron chi connectivity index (χ3n) is 9.29. The number of amides is 4. The molecule has 0 radical (unpaired) electrons. The molecule has 12 heteroatoms. The first-order valence-electron chi connectivity index (χ1n) is 17.5. The Labute approximate surface area is 289 Å². The number of aromatic nitrogens is 1. The van der Waals surface area contributed by atoms with Gasteiger partial charge in [-0.1, -0.05) is 51.1 Å². The van der Waals surface area contributed by atoms with Crippen molar-refractivity contribution in [1.82, 2.24) is 31.0 Å². The second-order valence-corrected chi connectivity index (χ2v) is 13.9. The molecule has 266 valence electrons. The fourth-order valence-corrected chi connectivity index (χ4v) is 6.07. The molecule has 0 bridgehead atoms. The number of nitrogens with one attached hydrogen (secondary N) is 3. The summed E-state index contributed by atoms with van der Waals surface area (Å²) >= 11 is 0. The predicted molar refractivity (Wildman–Crippen MR) is 188 cm³/mol. The lowest BCUT2D eigenvalue weighted by molar-refractivity contribution is -0.152. The highest BCUT2D eigenvalue weighted by Crippen LogP contribution is 2.23. The molecule has 49 heavy (non-hydrogen) atoms. The highest BCUT2D eigenvalue weighted by atomic mass is 16.5. The zero-order chi connectivity index (χ0) is 35.7. The van der Waals surface area contributed by atoms with E-state index in [2.05, 4.69) is 23.0 Å². The molecule has 4 rings (SSSR count). The predicted octanol–water partition coefficient (Wildman–Crippen LogP) is 3.53. The highest BCUT2D eigenvalue weighted by Gasteiger charge is 2.37. The van der Waals surface area contributed by atoms with Crippen molar-refractivity contribution in [2.45, 2.75) is 97.7 Å². The van der Waals surface area contributed by atoms with Gasteiger partial charge in [-0.2, -0.15) is 0 Å². The first-order chi connectivity index (χ1) is 23.3. The molecule has 0 spiro atoms. The lowest BCUT2D eigenvalue weighted by Crippen LogP contribution is -2.62. The molecule has 3 heterocycles. The summed E-state index contributed by atoms with van der Waals surface area (Å²) in [5.74, 6) is -2.51. The summed E-state index contributed by atoms with van der Waals surface area (Å²) in [5.41, 5.74) is 4.70. The number of benzene rings is 1. The van der Waals surface area contributed by atoms with Crippen molar-refractivity contribution >= 4 is 46.6 Å². The van der Waals surface area contributed by atoms with E-state index in [0.717, 1.165) is 47.8 Å². The number of nitrogens with zero attached hydrogens (tertiary/aromatic N) is 3. The first kappa shape index (κ1) is 37.5. The van der Waals surface area contributed by atoms with Gasteiger partial charge in [-0.3, -0.25) is 34.0 Å². The van der Waals surface area contributed by atoms with Crippen molar-refractivity contribution in [1.29, 1.82) is 0 Å². The molecule has 0 aliphatic carbocycles. The normalized spacial score (nSPS) is 18.3. The van der Waals surface area contributed by atoms with Crippen LogP contribution in [0.2, 0.25) is 0 Å². The molecular weight excluding hydrogens is 624 g/mol. The SMILES string of the molecule is CCc1ccc2ccc(C=CC(C)(C)C(=O)NC(C(=O)NC(CC(=O)N3CCCCC3)C(=O)N3CCCC(C(=O)OC)N3)C(C)C)cc2n1. The van der Waals surface area contributed by atoms with Crippen LogP contribution in [0.1, 0.15) is 84.4 Å². The summed E-state index contributed by atoms with van der Waals surface area (Å²) in [4.78, 5) is 73.3. The fraction of sp³-hybridized carbons (Fsp3) is 0.568. The average molecular weight is 677 g/mol. The molecule has 2 aliphatic heterocycles. The van der Waals surface area contributed by atoms with Crippen LogP contribution in [0.3, 0.4) is 0 Å². The molecule has 2 aliphatic rings. The van der Waals surface area contributed by atoms with E-state index < -0.39 is 41.3 Å². The molecular formula is C37H52N6O6. The summed E-state index contributed by atoms with van der Waals surface area (Å²) in [7, 11) is 1.28. The fourth-order valence-electron chi connectivity index (χ4n) is 6.07. The van der Waals surface area contributed by atoms with Crippen LogP contribution in [0.25, 0.3) is 17.0 Å². The molecule has 2 fully saturated rings. The van der Waals surface area contributed by atoms with Crippen LogP contribution in [-0.4, -0.2) is 89.4 Å². The Bertz CT molecular complexity index is 1550. The number of aryl methyl sites for hydroxylation is 1. The maximum absolute atomic E-state index is 13.8. The Morgan fingerprint density at radius 3 is 2.41 bits per heavy atom. The number of carbonyl (C=O) groups excluding carboxylic acids is 5. The smallest absolute Gasteiger partial charge is 0.324 e. The van der Waals surface area contributed by atoms with Gasteiger partial charge in [-0.15, -0.1) is 0 Å². The Balaban J connectivity index is 1.49. The van der Waals surface area contributed by atoms with Gasteiger partial charge in [0, 0.05) is 30.7 Å². The maximum Gasteiger partial charge on any atom is 0.324 e. The third-order valence-corrected chi connectivity index (χ3v) is 9.29. The summed E-state index contributed by atoms with van der Waals surface area (Å²) in [6.45, 7) is 10.7. The van der Waals surface area contributed by atoms with Gasteiger partial charge in [0.05, 0.1) is 24.5 Å². The number of pyridine rings is 1. The Morgan fingerprint density at radius 2 is 1.73 bits per heavy atom. The number of fused-ring (bicyclic) bond motifs is 1. The minimum absolute atomic E-state index is 0.230. The van der Waals surface area contributed by atoms with Crippen LogP contribution in [0.15, 0.2) is 36.4 Å². The zero-order valence-corrected chi connectivity index (χ0v) is 29.7. The van der Waals surface area contributed by atoms with E-state index in [1.54, 1.807) is 24.8 Å². The largest absolute Gasteiger partial charge is 0.468 e. The number of hydrogen-bond donors (Lipinski definition) is 3. The van der Waals surface area contributed by atoms with Crippen molar-refractivity contribution in [3.63, 3.8) is 0 Å². The molecule has 3 unspecified atom stereocenters. The second kappa shape index (κ2) is 16.9. The lowest BCUT2D eigenvalue weighted by Gasteiger charge is -2.36. The summed E-state index contributed by atoms with van der Waals surface area (Å²) < 4.78 is 4.86. The number of carbonyl (C=O) groups is 5. The van der Waals surface area contributed by atoms with Crippen molar-refractivity contribution < 1.29 is 28.7 Å². The molecule has 12 nitrogen and oxygen atoms in total. The number of rotatable bonds is 12. The molecule has 2 saturated heterocycles. The highest BCUT2D eigenvalue weighted by molar-refractivity contribution is 5.96. The first-order valence-corrected chi connectivity index (χ1v) is 17.5. The summed E-state index contributed by atoms with van der Waals surface area (Å²) in [5, 5.41) is 8.01. The Kier molecular flexibility index (Phi) is 12.9. The molecule has 4 amide bonds. The number of hydrogen-bond acceptors (Lipinski definition) is 8. The third kappa shape index (κ3) is 9.87. The van der Waals surface area contributed by atoms with Crippen LogP contribution in [0, 0.1) is 11.3 Å². The van der Waals surface area contributed by atoms with Crippen molar-refractivity contribution in [2.75, 3.05) is 26.7 Å². The van der Waals surface area contributed by atoms with E-state index in [-0.39, 0.29) is 24.2 Å². The number of ether oxygens (including phenoxy) is 1. The van der Waals surface area contributed by atoms with Crippen molar-refractivity contribution in [3.05, 3.63) is 47.7 Å². The van der Waals surface area contributed by atoms with E-state index in [4.69, 9.17) is 9.72 Å². The maximum atomic E-state index is 13.8. The molecule has 1 aromatic heterocycles. The van der Waals surface area contributed by atoms with E-state index in [1.807, 2.05) is 50.3 Å². The molecule has 3 N–H and O–H groups in total. The zero-order valence-electron chi connectivity index (χ0n) is 29.7. The van der Waals surface area contributed by atoms with Gasteiger partial charge in [0.1, 0.15) is 18.1 Å². The van der Waals surface area contributed by atoms with Gasteiger partial charge < -0.3 is 20.3 Å². The Morgan fingerprint density at radius 1 is 1.02 bits per heavy atom. The number of methoxy groups -OCH3 is 1. The summed E-state index contributed by atoms with van der Waals surface area (Å²) in [6, 6.07) is 7.12. The van der Waals surface area contributed by atoms with E-state index in [1.165, 1.54) is 12.1 Å². The second-order valence-electron chi connectivity index (χ2n) is 13.9. The van der Waals surface area contributed by atoms with Gasteiger partial charge in [-0.25, -0.2) is 5.43 Å². The van der Waals surface area contributed by atoms with Gasteiger partial charge in [0.2, 0.25) is 17.7 Å². The Hall–Kier alpha value is -4.32. The average Bonchev–Trinajstić information content (AvgIpc) is 3.11. The van der Waals surface area contributed by atoms with Crippen LogP contribution in [-0.2, 0) is 35.1 Å². The van der Waals surface area contributed by atoms with Crippen LogP contribution >= 0.6 is 0 Å². The molecule has 2 aromatic rings. The van der Waals surface area contributed by atoms with Gasteiger partial charge in [-0.05, 0) is 76.0 Å². The summed E-state index contributed by atoms with van der Waals surface area (Å²) in [6.07, 6.45) is 8.11. The van der Waals surface area contributed by atoms with Crippen LogP contribution in [0.5, 0.6) is 0 Å². The minimum Gasteiger partial charge on any atom is -0.468 e. The van der Waals surface area contributed by atoms with Gasteiger partial charge >= 0.3 is 5.97 Å². The number of likely N-dealkylation sites (tertiary alicyclic amines) is 1. The van der Waals surface area contributed by atoms with Crippen LogP contribution < -0.4 is 16.1 Å². The lowest BCUT2D eigenvalue weighted by atomic mass is 9.89. The van der Waals surface area contributed by atoms with Crippen LogP contribution in [0.4, 0.5) is 0 Å². The van der Waals surface area contributed by atoms with E-state index >= 15 is 0 Å². The molecule has 1 aromatic carbocycles. The van der Waals surface area contributed by atoms with Crippen molar-refractivity contribution in [3.8, 4) is 0 Å².